The van der Waals surface area contributed by atoms with Gasteiger partial charge in [0.2, 0.25) is 0 Å². The Bertz CT molecular complexity index is 526. The van der Waals surface area contributed by atoms with Crippen molar-refractivity contribution in [1.82, 2.24) is 5.32 Å². The van der Waals surface area contributed by atoms with E-state index in [9.17, 15) is 9.59 Å². The Morgan fingerprint density at radius 3 is 2.52 bits per heavy atom. The molecule has 3 N–H and O–H groups in total. The van der Waals surface area contributed by atoms with Gasteiger partial charge in [-0.15, -0.1) is 11.3 Å². The molecule has 1 heterocycles. The molecular weight excluding hydrogens is 290 g/mol. The lowest BCUT2D eigenvalue weighted by atomic mass is 10.1. The summed E-state index contributed by atoms with van der Waals surface area (Å²) in [5.41, 5.74) is 6.68. The van der Waals surface area contributed by atoms with E-state index in [0.717, 1.165) is 0 Å². The van der Waals surface area contributed by atoms with Gasteiger partial charge in [-0.25, -0.2) is 0 Å². The fraction of sp³-hybridized carbons (Fsp3) is 0.571. The van der Waals surface area contributed by atoms with E-state index in [2.05, 4.69) is 5.32 Å². The quantitative estimate of drug-likeness (QED) is 0.747. The van der Waals surface area contributed by atoms with Crippen molar-refractivity contribution in [3.05, 3.63) is 10.4 Å². The standard InChI is InChI=1S/C14H23N3O3S/c1-8(2)11(18)12-10(15)9(13(19)16-3)14(21-12)17(4)6-7-20-5/h8H,6-7,15H2,1-5H3,(H,16,19). The van der Waals surface area contributed by atoms with Gasteiger partial charge in [-0.3, -0.25) is 9.59 Å². The highest BCUT2D eigenvalue weighted by Gasteiger charge is 2.27. The number of nitrogens with zero attached hydrogens (tertiary/aromatic N) is 1. The Morgan fingerprint density at radius 1 is 1.43 bits per heavy atom. The number of carbonyl (C=O) groups excluding carboxylic acids is 2. The van der Waals surface area contributed by atoms with Gasteiger partial charge in [-0.05, 0) is 0 Å². The van der Waals surface area contributed by atoms with Gasteiger partial charge in [0.05, 0.1) is 22.7 Å². The average Bonchev–Trinajstić information content (AvgIpc) is 2.80. The summed E-state index contributed by atoms with van der Waals surface area (Å²) in [7, 11) is 5.01. The van der Waals surface area contributed by atoms with Gasteiger partial charge >= 0.3 is 0 Å². The fourth-order valence-electron chi connectivity index (χ4n) is 1.82. The van der Waals surface area contributed by atoms with E-state index in [1.165, 1.54) is 11.3 Å². The zero-order valence-electron chi connectivity index (χ0n) is 13.1. The minimum Gasteiger partial charge on any atom is -0.397 e. The lowest BCUT2D eigenvalue weighted by molar-refractivity contribution is 0.0944. The molecule has 1 amide bonds. The maximum Gasteiger partial charge on any atom is 0.256 e. The molecule has 1 aromatic rings. The molecule has 118 valence electrons. The molecule has 0 aromatic carbocycles. The third-order valence-electron chi connectivity index (χ3n) is 3.11. The molecule has 7 heteroatoms. The van der Waals surface area contributed by atoms with Gasteiger partial charge in [0, 0.05) is 33.7 Å². The van der Waals surface area contributed by atoms with Gasteiger partial charge in [-0.2, -0.15) is 0 Å². The Hall–Kier alpha value is -1.60. The molecule has 1 rings (SSSR count). The number of ketones is 1. The predicted octanol–water partition coefficient (Wildman–Crippen LogP) is 1.61. The number of carbonyl (C=O) groups is 2. The van der Waals surface area contributed by atoms with Gasteiger partial charge in [0.15, 0.2) is 5.78 Å². The van der Waals surface area contributed by atoms with Crippen LogP contribution in [-0.4, -0.2) is 46.0 Å². The van der Waals surface area contributed by atoms with Crippen molar-refractivity contribution in [2.45, 2.75) is 13.8 Å². The van der Waals surface area contributed by atoms with Crippen LogP contribution in [0.15, 0.2) is 0 Å². The zero-order valence-corrected chi connectivity index (χ0v) is 14.0. The molecule has 0 aliphatic heterocycles. The molecule has 0 unspecified atom stereocenters. The second kappa shape index (κ2) is 7.42. The minimum absolute atomic E-state index is 0.0472. The lowest BCUT2D eigenvalue weighted by Gasteiger charge is -2.18. The van der Waals surface area contributed by atoms with E-state index < -0.39 is 0 Å². The maximum absolute atomic E-state index is 12.2. The number of amides is 1. The first-order chi connectivity index (χ1) is 9.84. The summed E-state index contributed by atoms with van der Waals surface area (Å²) in [5.74, 6) is -0.500. The molecule has 0 fully saturated rings. The van der Waals surface area contributed by atoms with Crippen LogP contribution in [0.25, 0.3) is 0 Å². The van der Waals surface area contributed by atoms with Crippen LogP contribution in [0.3, 0.4) is 0 Å². The van der Waals surface area contributed by atoms with E-state index >= 15 is 0 Å². The average molecular weight is 313 g/mol. The normalized spacial score (nSPS) is 10.8. The van der Waals surface area contributed by atoms with Crippen molar-refractivity contribution in [2.24, 2.45) is 5.92 Å². The summed E-state index contributed by atoms with van der Waals surface area (Å²) in [6, 6.07) is 0. The number of hydrogen-bond donors (Lipinski definition) is 2. The number of nitrogens with one attached hydrogen (secondary N) is 1. The van der Waals surface area contributed by atoms with Crippen LogP contribution in [0.2, 0.25) is 0 Å². The van der Waals surface area contributed by atoms with Crippen LogP contribution in [0.4, 0.5) is 10.7 Å². The number of nitrogens with two attached hydrogens (primary N) is 1. The molecular formula is C14H23N3O3S. The second-order valence-corrected chi connectivity index (χ2v) is 6.04. The number of thiophene rings is 1. The molecule has 0 aliphatic rings. The minimum atomic E-state index is -0.286. The number of hydrogen-bond acceptors (Lipinski definition) is 6. The van der Waals surface area contributed by atoms with Crippen molar-refractivity contribution in [3.63, 3.8) is 0 Å². The van der Waals surface area contributed by atoms with E-state index in [1.54, 1.807) is 14.2 Å². The zero-order chi connectivity index (χ0) is 16.2. The number of likely N-dealkylation sites (N-methyl/N-ethyl adjacent to an activating group) is 1. The molecule has 6 nitrogen and oxygen atoms in total. The number of nitrogen functional groups attached to an aromatic ring is 1. The Balaban J connectivity index is 3.31. The number of Topliss-reactive ketones (excluding diaryl/α,β-unsaturated/α-hetero) is 1. The summed E-state index contributed by atoms with van der Waals surface area (Å²) < 4.78 is 5.05. The molecule has 0 radical (unpaired) electrons. The molecule has 0 atom stereocenters. The third kappa shape index (κ3) is 3.74. The molecule has 21 heavy (non-hydrogen) atoms. The van der Waals surface area contributed by atoms with Crippen molar-refractivity contribution < 1.29 is 14.3 Å². The van der Waals surface area contributed by atoms with Crippen molar-refractivity contribution in [3.8, 4) is 0 Å². The van der Waals surface area contributed by atoms with Gasteiger partial charge in [-0.1, -0.05) is 13.8 Å². The van der Waals surface area contributed by atoms with Crippen molar-refractivity contribution in [1.29, 1.82) is 0 Å². The van der Waals surface area contributed by atoms with E-state index in [-0.39, 0.29) is 23.3 Å². The first-order valence-corrected chi connectivity index (χ1v) is 7.55. The predicted molar refractivity (Wildman–Crippen MR) is 86.4 cm³/mol. The van der Waals surface area contributed by atoms with E-state index in [4.69, 9.17) is 10.5 Å². The fourth-order valence-corrected chi connectivity index (χ4v) is 3.11. The molecule has 0 spiro atoms. The summed E-state index contributed by atoms with van der Waals surface area (Å²) in [6.45, 7) is 4.76. The largest absolute Gasteiger partial charge is 0.397 e. The summed E-state index contributed by atoms with van der Waals surface area (Å²) in [4.78, 5) is 26.6. The summed E-state index contributed by atoms with van der Waals surface area (Å²) >= 11 is 1.26. The maximum atomic E-state index is 12.2. The van der Waals surface area contributed by atoms with Crippen LogP contribution in [0, 0.1) is 5.92 Å². The van der Waals surface area contributed by atoms with Crippen LogP contribution >= 0.6 is 11.3 Å². The number of anilines is 2. The summed E-state index contributed by atoms with van der Waals surface area (Å²) in [6.07, 6.45) is 0. The monoisotopic (exact) mass is 313 g/mol. The molecule has 0 aliphatic carbocycles. The Morgan fingerprint density at radius 2 is 2.05 bits per heavy atom. The van der Waals surface area contributed by atoms with Crippen LogP contribution < -0.4 is 16.0 Å². The van der Waals surface area contributed by atoms with Crippen LogP contribution in [0.1, 0.15) is 33.9 Å². The SMILES string of the molecule is CNC(=O)c1c(N(C)CCOC)sc(C(=O)C(C)C)c1N. The third-order valence-corrected chi connectivity index (χ3v) is 4.44. The molecule has 0 saturated heterocycles. The van der Waals surface area contributed by atoms with E-state index in [1.807, 2.05) is 25.8 Å². The highest BCUT2D eigenvalue weighted by atomic mass is 32.1. The number of ether oxygens (including phenoxy) is 1. The van der Waals surface area contributed by atoms with Gasteiger partial charge < -0.3 is 20.7 Å². The topological polar surface area (TPSA) is 84.7 Å². The van der Waals surface area contributed by atoms with Crippen molar-refractivity contribution >= 4 is 33.7 Å². The molecule has 0 saturated carbocycles. The number of methoxy groups -OCH3 is 1. The molecule has 0 bridgehead atoms. The summed E-state index contributed by atoms with van der Waals surface area (Å²) in [5, 5.41) is 3.26. The van der Waals surface area contributed by atoms with Crippen molar-refractivity contribution in [2.75, 3.05) is 45.0 Å². The Kier molecular flexibility index (Phi) is 6.17. The first kappa shape index (κ1) is 17.5. The smallest absolute Gasteiger partial charge is 0.256 e. The van der Waals surface area contributed by atoms with Gasteiger partial charge in [0.1, 0.15) is 5.00 Å². The second-order valence-electron chi connectivity index (χ2n) is 5.04. The Labute approximate surface area is 129 Å². The first-order valence-electron chi connectivity index (χ1n) is 6.73. The van der Waals surface area contributed by atoms with E-state index in [0.29, 0.717) is 28.6 Å². The molecule has 1 aromatic heterocycles. The number of rotatable bonds is 7. The highest BCUT2D eigenvalue weighted by molar-refractivity contribution is 7.19. The van der Waals surface area contributed by atoms with Crippen LogP contribution in [0.5, 0.6) is 0 Å². The van der Waals surface area contributed by atoms with Gasteiger partial charge in [0.25, 0.3) is 5.91 Å². The van der Waals surface area contributed by atoms with Crippen LogP contribution in [-0.2, 0) is 4.74 Å². The lowest BCUT2D eigenvalue weighted by Crippen LogP contribution is -2.26. The highest BCUT2D eigenvalue weighted by Crippen LogP contribution is 2.39.